The zero-order valence-electron chi connectivity index (χ0n) is 26.6. The van der Waals surface area contributed by atoms with Crippen molar-refractivity contribution in [3.05, 3.63) is 45.6 Å². The molecule has 0 saturated heterocycles. The van der Waals surface area contributed by atoms with Crippen LogP contribution in [0, 0.1) is 5.92 Å². The van der Waals surface area contributed by atoms with E-state index in [2.05, 4.69) is 16.0 Å². The van der Waals surface area contributed by atoms with Crippen LogP contribution in [0.25, 0.3) is 11.1 Å². The van der Waals surface area contributed by atoms with Crippen molar-refractivity contribution in [3.8, 4) is 28.4 Å². The fourth-order valence-electron chi connectivity index (χ4n) is 5.42. The highest BCUT2D eigenvalue weighted by molar-refractivity contribution is 7.98. The van der Waals surface area contributed by atoms with E-state index in [0.29, 0.717) is 53.4 Å². The molecule has 3 atom stereocenters. The molecule has 0 saturated carbocycles. The first-order valence-electron chi connectivity index (χ1n) is 14.4. The van der Waals surface area contributed by atoms with E-state index in [0.717, 1.165) is 11.1 Å². The molecule has 2 aromatic rings. The predicted molar refractivity (Wildman–Crippen MR) is 172 cm³/mol. The van der Waals surface area contributed by atoms with Gasteiger partial charge in [-0.1, -0.05) is 19.9 Å². The van der Waals surface area contributed by atoms with Gasteiger partial charge in [0.25, 0.3) is 0 Å². The topological polar surface area (TPSA) is 141 Å². The summed E-state index contributed by atoms with van der Waals surface area (Å²) in [4.78, 5) is 51.8. The van der Waals surface area contributed by atoms with Gasteiger partial charge in [0.15, 0.2) is 11.5 Å². The molecule has 1 aliphatic carbocycles. The summed E-state index contributed by atoms with van der Waals surface area (Å²) < 4.78 is 22.0. The fourth-order valence-corrected chi connectivity index (χ4v) is 5.89. The van der Waals surface area contributed by atoms with Crippen molar-refractivity contribution >= 4 is 35.2 Å². The smallest absolute Gasteiger partial charge is 0.328 e. The summed E-state index contributed by atoms with van der Waals surface area (Å²) >= 11 is 1.56. The van der Waals surface area contributed by atoms with Gasteiger partial charge in [-0.25, -0.2) is 4.79 Å². The number of fused-ring (bicyclic) bond motifs is 3. The second-order valence-electron chi connectivity index (χ2n) is 10.8. The highest BCUT2D eigenvalue weighted by atomic mass is 32.2. The number of hydrogen-bond acceptors (Lipinski definition) is 10. The number of carbonyl (C=O) groups is 3. The van der Waals surface area contributed by atoms with E-state index in [-0.39, 0.29) is 22.9 Å². The third-order valence-corrected chi connectivity index (χ3v) is 8.23. The molecule has 3 N–H and O–H groups in total. The highest BCUT2D eigenvalue weighted by Gasteiger charge is 2.31. The minimum absolute atomic E-state index is 0.188. The van der Waals surface area contributed by atoms with Gasteiger partial charge < -0.3 is 34.9 Å². The third kappa shape index (κ3) is 7.77. The monoisotopic (exact) mass is 629 g/mol. The first kappa shape index (κ1) is 34.6. The van der Waals surface area contributed by atoms with E-state index in [1.807, 2.05) is 26.2 Å². The molecule has 0 fully saturated rings. The maximum Gasteiger partial charge on any atom is 0.328 e. The van der Waals surface area contributed by atoms with Gasteiger partial charge in [-0.05, 0) is 72.1 Å². The van der Waals surface area contributed by atoms with E-state index in [9.17, 15) is 19.2 Å². The number of ether oxygens (including phenoxy) is 4. The van der Waals surface area contributed by atoms with Crippen molar-refractivity contribution in [2.24, 2.45) is 5.92 Å². The number of thioether (sulfide) groups is 1. The number of amides is 2. The summed E-state index contributed by atoms with van der Waals surface area (Å²) in [7, 11) is 5.89. The van der Waals surface area contributed by atoms with E-state index < -0.39 is 30.0 Å². The van der Waals surface area contributed by atoms with Crippen LogP contribution >= 0.6 is 11.8 Å². The summed E-state index contributed by atoms with van der Waals surface area (Å²) in [5.74, 6) is 0.583. The summed E-state index contributed by atoms with van der Waals surface area (Å²) in [6.07, 6.45) is 3.41. The van der Waals surface area contributed by atoms with Crippen molar-refractivity contribution in [3.63, 3.8) is 0 Å². The van der Waals surface area contributed by atoms with Crippen LogP contribution in [0.3, 0.4) is 0 Å². The third-order valence-electron chi connectivity index (χ3n) is 7.59. The molecule has 0 heterocycles. The highest BCUT2D eigenvalue weighted by Crippen LogP contribution is 2.50. The molecule has 0 spiro atoms. The zero-order chi connectivity index (χ0) is 32.6. The van der Waals surface area contributed by atoms with Crippen LogP contribution in [0.5, 0.6) is 17.2 Å². The lowest BCUT2D eigenvalue weighted by Crippen LogP contribution is -2.50. The van der Waals surface area contributed by atoms with E-state index in [1.165, 1.54) is 34.3 Å². The number of anilines is 1. The van der Waals surface area contributed by atoms with Crippen molar-refractivity contribution in [1.82, 2.24) is 10.6 Å². The van der Waals surface area contributed by atoms with Gasteiger partial charge in [-0.3, -0.25) is 14.4 Å². The molecular formula is C32H43N3O8S. The van der Waals surface area contributed by atoms with Crippen LogP contribution in [-0.4, -0.2) is 70.3 Å². The maximum absolute atomic E-state index is 13.8. The van der Waals surface area contributed by atoms with Crippen LogP contribution in [0.15, 0.2) is 29.1 Å². The molecular weight excluding hydrogens is 586 g/mol. The molecule has 44 heavy (non-hydrogen) atoms. The Morgan fingerprint density at radius 2 is 1.73 bits per heavy atom. The summed E-state index contributed by atoms with van der Waals surface area (Å²) in [5.41, 5.74) is 2.73. The summed E-state index contributed by atoms with van der Waals surface area (Å²) in [6, 6.07) is 4.69. The molecule has 0 aliphatic heterocycles. The number of carbonyl (C=O) groups excluding carboxylic acids is 3. The maximum atomic E-state index is 13.8. The Labute approximate surface area is 262 Å². The number of methoxy groups -OCH3 is 4. The average Bonchev–Trinajstić information content (AvgIpc) is 3.24. The lowest BCUT2D eigenvalue weighted by atomic mass is 9.95. The normalized spacial score (nSPS) is 15.1. The number of hydrogen-bond donors (Lipinski definition) is 3. The first-order valence-corrected chi connectivity index (χ1v) is 15.8. The second kappa shape index (κ2) is 15.7. The SMILES string of the molecule is COC(=O)[C@H](CCSC)NC(=O)[C@@H](Nc1ccc2c(cc1=O)[C@@H](NC(C)=O)CCc1cc(OC)c(OC)c(OC)c1-2)C(C)C. The molecule has 0 aromatic heterocycles. The fraction of sp³-hybridized carbons (Fsp3) is 0.500. The standard InChI is InChI=1S/C32H43N3O8S/c1-17(2)28(31(38)35-24(13-14-44-8)32(39)43-7)34-23-12-10-20-21(16-25(23)37)22(33-18(3)36)11-9-19-15-26(40-4)29(41-5)30(42-6)27(19)20/h10,12,15-17,22,24,28H,9,11,13-14H2,1-8H3,(H,33,36)(H,34,37)(H,35,38)/t22-,24-,28-/m0/s1. The molecule has 2 amide bonds. The Morgan fingerprint density at radius 1 is 1.02 bits per heavy atom. The van der Waals surface area contributed by atoms with Crippen LogP contribution in [0.4, 0.5) is 5.69 Å². The van der Waals surface area contributed by atoms with Gasteiger partial charge in [-0.15, -0.1) is 0 Å². The number of benzene rings is 1. The lowest BCUT2D eigenvalue weighted by molar-refractivity contribution is -0.145. The van der Waals surface area contributed by atoms with Crippen molar-refractivity contribution in [1.29, 1.82) is 0 Å². The van der Waals surface area contributed by atoms with Gasteiger partial charge in [0, 0.05) is 12.5 Å². The largest absolute Gasteiger partial charge is 0.493 e. The van der Waals surface area contributed by atoms with E-state index in [1.54, 1.807) is 31.0 Å². The first-order chi connectivity index (χ1) is 21.0. The zero-order valence-corrected chi connectivity index (χ0v) is 27.4. The van der Waals surface area contributed by atoms with Crippen LogP contribution in [0.2, 0.25) is 0 Å². The molecule has 11 nitrogen and oxygen atoms in total. The molecule has 2 aromatic carbocycles. The van der Waals surface area contributed by atoms with Gasteiger partial charge >= 0.3 is 5.97 Å². The predicted octanol–water partition coefficient (Wildman–Crippen LogP) is 3.71. The van der Waals surface area contributed by atoms with Gasteiger partial charge in [0.05, 0.1) is 40.2 Å². The minimum Gasteiger partial charge on any atom is -0.493 e. The number of nitrogens with one attached hydrogen (secondary N) is 3. The Balaban J connectivity index is 2.16. The van der Waals surface area contributed by atoms with Crippen molar-refractivity contribution in [2.45, 2.75) is 58.2 Å². The van der Waals surface area contributed by atoms with E-state index >= 15 is 0 Å². The Hall–Kier alpha value is -3.93. The molecule has 1 aliphatic rings. The van der Waals surface area contributed by atoms with Gasteiger partial charge in [0.2, 0.25) is 23.0 Å². The summed E-state index contributed by atoms with van der Waals surface area (Å²) in [5, 5.41) is 8.91. The van der Waals surface area contributed by atoms with Crippen molar-refractivity contribution < 1.29 is 33.3 Å². The molecule has 12 heteroatoms. The molecule has 240 valence electrons. The van der Waals surface area contributed by atoms with Gasteiger partial charge in [0.1, 0.15) is 12.1 Å². The summed E-state index contributed by atoms with van der Waals surface area (Å²) in [6.45, 7) is 5.13. The molecule has 0 unspecified atom stereocenters. The second-order valence-corrected chi connectivity index (χ2v) is 11.8. The number of rotatable bonds is 13. The molecule has 0 bridgehead atoms. The Kier molecular flexibility index (Phi) is 12.3. The van der Waals surface area contributed by atoms with E-state index in [4.69, 9.17) is 18.9 Å². The minimum atomic E-state index is -0.830. The van der Waals surface area contributed by atoms with Crippen LogP contribution in [-0.2, 0) is 25.5 Å². The lowest BCUT2D eigenvalue weighted by Gasteiger charge is -2.25. The Morgan fingerprint density at radius 3 is 2.30 bits per heavy atom. The molecule has 0 radical (unpaired) electrons. The van der Waals surface area contributed by atoms with Crippen LogP contribution < -0.4 is 35.6 Å². The van der Waals surface area contributed by atoms with Crippen LogP contribution in [0.1, 0.15) is 50.8 Å². The van der Waals surface area contributed by atoms with Gasteiger partial charge in [-0.2, -0.15) is 11.8 Å². The molecule has 3 rings (SSSR count). The number of esters is 1. The quantitative estimate of drug-likeness (QED) is 0.281. The average molecular weight is 630 g/mol. The Bertz CT molecular complexity index is 1430. The van der Waals surface area contributed by atoms with Crippen molar-refractivity contribution in [2.75, 3.05) is 45.8 Å². The number of aryl methyl sites for hydroxylation is 1.